The molecule has 0 saturated carbocycles. The van der Waals surface area contributed by atoms with Crippen LogP contribution in [0.1, 0.15) is 19.2 Å². The van der Waals surface area contributed by atoms with Crippen LogP contribution in [0.5, 0.6) is 0 Å². The van der Waals surface area contributed by atoms with Crippen LogP contribution >= 0.6 is 0 Å². The van der Waals surface area contributed by atoms with E-state index < -0.39 is 0 Å². The van der Waals surface area contributed by atoms with Crippen LogP contribution in [0, 0.1) is 0 Å². The zero-order chi connectivity index (χ0) is 11.4. The minimum Gasteiger partial charge on any atom is -0.373 e. The summed E-state index contributed by atoms with van der Waals surface area (Å²) in [5.41, 5.74) is 1.74. The standard InChI is InChI=1S/C11H17N5/c1-3-6-13-7-10-14-8-4-5-9(12-2)15-11(8)16-10/h4-5,13H,3,6-7H2,1-2H3,(H2,12,14,15,16). The number of hydrogen-bond donors (Lipinski definition) is 3. The van der Waals surface area contributed by atoms with E-state index in [1.165, 1.54) is 0 Å². The number of anilines is 1. The van der Waals surface area contributed by atoms with E-state index in [2.05, 4.69) is 32.5 Å². The minimum absolute atomic E-state index is 0.763. The van der Waals surface area contributed by atoms with E-state index in [4.69, 9.17) is 0 Å². The molecule has 3 N–H and O–H groups in total. The number of pyridine rings is 1. The number of hydrogen-bond acceptors (Lipinski definition) is 4. The van der Waals surface area contributed by atoms with Crippen molar-refractivity contribution in [3.63, 3.8) is 0 Å². The number of aromatic amines is 1. The molecule has 16 heavy (non-hydrogen) atoms. The molecule has 5 heteroatoms. The predicted octanol–water partition coefficient (Wildman–Crippen LogP) is 1.50. The molecule has 0 aliphatic carbocycles. The minimum atomic E-state index is 0.763. The second-order valence-electron chi connectivity index (χ2n) is 3.68. The zero-order valence-corrected chi connectivity index (χ0v) is 9.67. The Hall–Kier alpha value is -1.62. The van der Waals surface area contributed by atoms with Gasteiger partial charge in [0.05, 0.1) is 12.1 Å². The third kappa shape index (κ3) is 2.30. The van der Waals surface area contributed by atoms with Crippen molar-refractivity contribution in [2.45, 2.75) is 19.9 Å². The molecule has 0 aliphatic rings. The molecule has 0 aromatic carbocycles. The summed E-state index contributed by atoms with van der Waals surface area (Å²) in [6, 6.07) is 3.92. The SMILES string of the molecule is CCCNCc1nc2nc(NC)ccc2[nH]1. The number of imidazole rings is 1. The van der Waals surface area contributed by atoms with E-state index in [1.54, 1.807) is 0 Å². The van der Waals surface area contributed by atoms with Gasteiger partial charge in [-0.25, -0.2) is 9.97 Å². The Morgan fingerprint density at radius 3 is 2.94 bits per heavy atom. The molecule has 0 radical (unpaired) electrons. The van der Waals surface area contributed by atoms with E-state index in [-0.39, 0.29) is 0 Å². The van der Waals surface area contributed by atoms with Crippen molar-refractivity contribution >= 4 is 17.0 Å². The predicted molar refractivity (Wildman–Crippen MR) is 65.4 cm³/mol. The topological polar surface area (TPSA) is 65.6 Å². The Morgan fingerprint density at radius 2 is 2.19 bits per heavy atom. The maximum Gasteiger partial charge on any atom is 0.179 e. The van der Waals surface area contributed by atoms with Crippen molar-refractivity contribution in [2.75, 3.05) is 18.9 Å². The second kappa shape index (κ2) is 4.94. The lowest BCUT2D eigenvalue weighted by Crippen LogP contribution is -2.14. The summed E-state index contributed by atoms with van der Waals surface area (Å²) >= 11 is 0. The van der Waals surface area contributed by atoms with Crippen LogP contribution in [-0.2, 0) is 6.54 Å². The van der Waals surface area contributed by atoms with Gasteiger partial charge in [-0.3, -0.25) is 0 Å². The summed E-state index contributed by atoms with van der Waals surface area (Å²) < 4.78 is 0. The largest absolute Gasteiger partial charge is 0.373 e. The smallest absolute Gasteiger partial charge is 0.179 e. The first-order valence-electron chi connectivity index (χ1n) is 5.57. The molecule has 86 valence electrons. The maximum absolute atomic E-state index is 4.42. The van der Waals surface area contributed by atoms with Gasteiger partial charge in [-0.15, -0.1) is 0 Å². The van der Waals surface area contributed by atoms with E-state index in [1.807, 2.05) is 19.2 Å². The van der Waals surface area contributed by atoms with Crippen LogP contribution < -0.4 is 10.6 Å². The molecular formula is C11H17N5. The lowest BCUT2D eigenvalue weighted by Gasteiger charge is -1.97. The van der Waals surface area contributed by atoms with Gasteiger partial charge < -0.3 is 15.6 Å². The molecule has 0 atom stereocenters. The van der Waals surface area contributed by atoms with Crippen LogP contribution in [0.3, 0.4) is 0 Å². The van der Waals surface area contributed by atoms with E-state index in [9.17, 15) is 0 Å². The zero-order valence-electron chi connectivity index (χ0n) is 9.67. The van der Waals surface area contributed by atoms with Gasteiger partial charge in [0.25, 0.3) is 0 Å². The number of nitrogens with zero attached hydrogens (tertiary/aromatic N) is 2. The third-order valence-corrected chi connectivity index (χ3v) is 2.37. The monoisotopic (exact) mass is 219 g/mol. The van der Waals surface area contributed by atoms with Crippen molar-refractivity contribution in [1.82, 2.24) is 20.3 Å². The van der Waals surface area contributed by atoms with Crippen LogP contribution in [0.4, 0.5) is 5.82 Å². The van der Waals surface area contributed by atoms with Gasteiger partial charge in [-0.05, 0) is 25.1 Å². The molecule has 0 bridgehead atoms. The Bertz CT molecular complexity index is 462. The van der Waals surface area contributed by atoms with Crippen molar-refractivity contribution in [1.29, 1.82) is 0 Å². The highest BCUT2D eigenvalue weighted by atomic mass is 15.1. The highest BCUT2D eigenvalue weighted by molar-refractivity contribution is 5.72. The van der Waals surface area contributed by atoms with Gasteiger partial charge in [0.2, 0.25) is 0 Å². The van der Waals surface area contributed by atoms with Crippen molar-refractivity contribution in [2.24, 2.45) is 0 Å². The Labute approximate surface area is 94.7 Å². The molecule has 0 fully saturated rings. The molecular weight excluding hydrogens is 202 g/mol. The van der Waals surface area contributed by atoms with E-state index >= 15 is 0 Å². The Morgan fingerprint density at radius 1 is 1.31 bits per heavy atom. The van der Waals surface area contributed by atoms with Gasteiger partial charge in [0.15, 0.2) is 5.65 Å². The fourth-order valence-electron chi connectivity index (χ4n) is 1.55. The van der Waals surface area contributed by atoms with Crippen molar-refractivity contribution in [3.05, 3.63) is 18.0 Å². The molecule has 0 saturated heterocycles. The van der Waals surface area contributed by atoms with E-state index in [0.717, 1.165) is 42.3 Å². The summed E-state index contributed by atoms with van der Waals surface area (Å²) in [7, 11) is 1.85. The highest BCUT2D eigenvalue weighted by Crippen LogP contribution is 2.12. The number of rotatable bonds is 5. The fraction of sp³-hybridized carbons (Fsp3) is 0.455. The number of H-pyrrole nitrogens is 1. The van der Waals surface area contributed by atoms with Crippen LogP contribution in [-0.4, -0.2) is 28.5 Å². The molecule has 0 spiro atoms. The molecule has 0 unspecified atom stereocenters. The number of fused-ring (bicyclic) bond motifs is 1. The summed E-state index contributed by atoms with van der Waals surface area (Å²) in [5, 5.41) is 6.30. The molecule has 2 rings (SSSR count). The van der Waals surface area contributed by atoms with Crippen LogP contribution in [0.15, 0.2) is 12.1 Å². The van der Waals surface area contributed by atoms with Crippen molar-refractivity contribution in [3.8, 4) is 0 Å². The van der Waals surface area contributed by atoms with Crippen molar-refractivity contribution < 1.29 is 0 Å². The van der Waals surface area contributed by atoms with Gasteiger partial charge in [-0.2, -0.15) is 0 Å². The van der Waals surface area contributed by atoms with E-state index in [0.29, 0.717) is 0 Å². The normalized spacial score (nSPS) is 10.9. The quantitative estimate of drug-likeness (QED) is 0.667. The molecule has 0 aliphatic heterocycles. The van der Waals surface area contributed by atoms with Gasteiger partial charge >= 0.3 is 0 Å². The Balaban J connectivity index is 2.16. The maximum atomic E-state index is 4.42. The first-order valence-corrected chi connectivity index (χ1v) is 5.57. The average Bonchev–Trinajstić information content (AvgIpc) is 2.70. The first kappa shape index (κ1) is 10.9. The summed E-state index contributed by atoms with van der Waals surface area (Å²) in [6.45, 7) is 3.91. The van der Waals surface area contributed by atoms with Gasteiger partial charge in [0.1, 0.15) is 11.6 Å². The Kier molecular flexibility index (Phi) is 3.36. The number of aromatic nitrogens is 3. The summed E-state index contributed by atoms with van der Waals surface area (Å²) in [5.74, 6) is 1.77. The van der Waals surface area contributed by atoms with Gasteiger partial charge in [-0.1, -0.05) is 6.92 Å². The molecule has 2 aromatic rings. The summed E-state index contributed by atoms with van der Waals surface area (Å²) in [4.78, 5) is 12.0. The third-order valence-electron chi connectivity index (χ3n) is 2.37. The van der Waals surface area contributed by atoms with Crippen LogP contribution in [0.25, 0.3) is 11.2 Å². The molecule has 2 aromatic heterocycles. The summed E-state index contributed by atoms with van der Waals surface area (Å²) in [6.07, 6.45) is 1.13. The molecule has 0 amide bonds. The second-order valence-corrected chi connectivity index (χ2v) is 3.68. The highest BCUT2D eigenvalue weighted by Gasteiger charge is 2.03. The lowest BCUT2D eigenvalue weighted by molar-refractivity contribution is 0.656. The van der Waals surface area contributed by atoms with Gasteiger partial charge in [0, 0.05) is 7.05 Å². The molecule has 2 heterocycles. The molecule has 5 nitrogen and oxygen atoms in total. The fourth-order valence-corrected chi connectivity index (χ4v) is 1.55. The number of nitrogens with one attached hydrogen (secondary N) is 3. The van der Waals surface area contributed by atoms with Crippen LogP contribution in [0.2, 0.25) is 0 Å². The lowest BCUT2D eigenvalue weighted by atomic mass is 10.4. The first-order chi connectivity index (χ1) is 7.83. The average molecular weight is 219 g/mol.